The minimum atomic E-state index is 0.255. The molecule has 0 spiro atoms. The van der Waals surface area contributed by atoms with E-state index in [9.17, 15) is 0 Å². The molecule has 3 heteroatoms. The summed E-state index contributed by atoms with van der Waals surface area (Å²) >= 11 is 0. The van der Waals surface area contributed by atoms with Crippen molar-refractivity contribution >= 4 is 0 Å². The van der Waals surface area contributed by atoms with Crippen molar-refractivity contribution in [3.8, 4) is 0 Å². The summed E-state index contributed by atoms with van der Waals surface area (Å²) in [6, 6.07) is 0. The minimum Gasteiger partial charge on any atom is -0.400 e. The highest BCUT2D eigenvalue weighted by atomic mass is 16.3. The Kier molecular flexibility index (Phi) is 7.45. The third-order valence-corrected chi connectivity index (χ3v) is 2.54. The van der Waals surface area contributed by atoms with E-state index in [4.69, 9.17) is 15.3 Å². The van der Waals surface area contributed by atoms with Crippen LogP contribution in [-0.4, -0.2) is 35.6 Å². The van der Waals surface area contributed by atoms with Crippen LogP contribution in [-0.2, 0) is 0 Å². The maximum absolute atomic E-state index is 8.88. The first-order valence-corrected chi connectivity index (χ1v) is 4.55. The summed E-state index contributed by atoms with van der Waals surface area (Å²) in [4.78, 5) is 0. The van der Waals surface area contributed by atoms with Gasteiger partial charge in [-0.05, 0) is 24.7 Å². The molecule has 0 aliphatic heterocycles. The average Bonchev–Trinajstić information content (AvgIpc) is 2.20. The van der Waals surface area contributed by atoms with Crippen molar-refractivity contribution in [2.24, 2.45) is 11.8 Å². The number of aliphatic hydroxyl groups excluding tert-OH is 3. The van der Waals surface area contributed by atoms with E-state index in [1.54, 1.807) is 0 Å². The third kappa shape index (κ3) is 3.52. The number of rotatable bonds is 2. The molecule has 1 rings (SSSR count). The SMILES string of the molecule is CO.OCC1CCCCC1CO. The minimum absolute atomic E-state index is 0.255. The van der Waals surface area contributed by atoms with E-state index in [0.717, 1.165) is 20.0 Å². The van der Waals surface area contributed by atoms with Crippen LogP contribution in [0.2, 0.25) is 0 Å². The lowest BCUT2D eigenvalue weighted by atomic mass is 9.80. The monoisotopic (exact) mass is 176 g/mol. The van der Waals surface area contributed by atoms with Crippen molar-refractivity contribution in [3.63, 3.8) is 0 Å². The van der Waals surface area contributed by atoms with E-state index < -0.39 is 0 Å². The summed E-state index contributed by atoms with van der Waals surface area (Å²) in [5.41, 5.74) is 0. The van der Waals surface area contributed by atoms with Crippen LogP contribution in [0.15, 0.2) is 0 Å². The maximum atomic E-state index is 8.88. The first kappa shape index (κ1) is 11.9. The topological polar surface area (TPSA) is 60.7 Å². The number of aliphatic hydroxyl groups is 3. The summed E-state index contributed by atoms with van der Waals surface area (Å²) < 4.78 is 0. The summed E-state index contributed by atoms with van der Waals surface area (Å²) in [5.74, 6) is 0.748. The van der Waals surface area contributed by atoms with Gasteiger partial charge >= 0.3 is 0 Å². The van der Waals surface area contributed by atoms with Gasteiger partial charge in [0.1, 0.15) is 0 Å². The van der Waals surface area contributed by atoms with Gasteiger partial charge in [0.2, 0.25) is 0 Å². The second-order valence-electron chi connectivity index (χ2n) is 3.17. The first-order chi connectivity index (χ1) is 5.88. The number of hydrogen-bond acceptors (Lipinski definition) is 3. The van der Waals surface area contributed by atoms with Crippen LogP contribution in [0.3, 0.4) is 0 Å². The maximum Gasteiger partial charge on any atom is 0.0462 e. The molecule has 0 aromatic rings. The van der Waals surface area contributed by atoms with Crippen LogP contribution in [0.4, 0.5) is 0 Å². The Bertz CT molecular complexity index is 83.8. The molecule has 12 heavy (non-hydrogen) atoms. The van der Waals surface area contributed by atoms with Gasteiger partial charge in [-0.1, -0.05) is 12.8 Å². The van der Waals surface area contributed by atoms with Gasteiger partial charge in [0, 0.05) is 20.3 Å². The van der Waals surface area contributed by atoms with Gasteiger partial charge in [-0.25, -0.2) is 0 Å². The molecule has 1 fully saturated rings. The Balaban J connectivity index is 0.000000561. The summed E-state index contributed by atoms with van der Waals surface area (Å²) in [7, 11) is 1.00. The largest absolute Gasteiger partial charge is 0.400 e. The average molecular weight is 176 g/mol. The normalized spacial score (nSPS) is 29.0. The molecule has 1 aliphatic carbocycles. The molecule has 0 heterocycles. The summed E-state index contributed by atoms with van der Waals surface area (Å²) in [6.07, 6.45) is 4.65. The quantitative estimate of drug-likeness (QED) is 0.570. The van der Waals surface area contributed by atoms with Gasteiger partial charge in [-0.3, -0.25) is 0 Å². The standard InChI is InChI=1S/C8H16O2.CH4O/c9-5-7-3-1-2-4-8(7)6-10;1-2/h7-10H,1-6H2;2H,1H3. The Morgan fingerprint density at radius 1 is 0.917 bits per heavy atom. The second-order valence-corrected chi connectivity index (χ2v) is 3.17. The predicted octanol–water partition coefficient (Wildman–Crippen LogP) is 0.386. The van der Waals surface area contributed by atoms with Gasteiger partial charge in [0.25, 0.3) is 0 Å². The molecule has 3 N–H and O–H groups in total. The molecule has 2 unspecified atom stereocenters. The van der Waals surface area contributed by atoms with Crippen LogP contribution >= 0.6 is 0 Å². The van der Waals surface area contributed by atoms with Crippen LogP contribution in [0.25, 0.3) is 0 Å². The molecule has 74 valence electrons. The number of hydrogen-bond donors (Lipinski definition) is 3. The molecule has 0 saturated heterocycles. The molecule has 0 aromatic carbocycles. The van der Waals surface area contributed by atoms with E-state index in [0.29, 0.717) is 11.8 Å². The molecule has 3 nitrogen and oxygen atoms in total. The molecule has 0 radical (unpaired) electrons. The third-order valence-electron chi connectivity index (χ3n) is 2.54. The Morgan fingerprint density at radius 3 is 1.50 bits per heavy atom. The molecular weight excluding hydrogens is 156 g/mol. The van der Waals surface area contributed by atoms with Crippen LogP contribution in [0.1, 0.15) is 25.7 Å². The van der Waals surface area contributed by atoms with Crippen molar-refractivity contribution < 1.29 is 15.3 Å². The van der Waals surface area contributed by atoms with E-state index in [1.807, 2.05) is 0 Å². The van der Waals surface area contributed by atoms with E-state index in [-0.39, 0.29) is 13.2 Å². The Morgan fingerprint density at radius 2 is 1.25 bits per heavy atom. The van der Waals surface area contributed by atoms with Gasteiger partial charge in [-0.2, -0.15) is 0 Å². The highest BCUT2D eigenvalue weighted by Crippen LogP contribution is 2.28. The van der Waals surface area contributed by atoms with Gasteiger partial charge in [-0.15, -0.1) is 0 Å². The van der Waals surface area contributed by atoms with Crippen molar-refractivity contribution in [1.29, 1.82) is 0 Å². The van der Waals surface area contributed by atoms with E-state index in [1.165, 1.54) is 12.8 Å². The van der Waals surface area contributed by atoms with E-state index in [2.05, 4.69) is 0 Å². The van der Waals surface area contributed by atoms with Crippen LogP contribution in [0.5, 0.6) is 0 Å². The zero-order valence-electron chi connectivity index (χ0n) is 7.74. The lowest BCUT2D eigenvalue weighted by Gasteiger charge is -2.28. The highest BCUT2D eigenvalue weighted by Gasteiger charge is 2.23. The van der Waals surface area contributed by atoms with Crippen molar-refractivity contribution in [1.82, 2.24) is 0 Å². The van der Waals surface area contributed by atoms with Crippen LogP contribution in [0, 0.1) is 11.8 Å². The molecular formula is C9H20O3. The molecule has 2 atom stereocenters. The fourth-order valence-corrected chi connectivity index (χ4v) is 1.77. The molecule has 0 bridgehead atoms. The Hall–Kier alpha value is -0.120. The predicted molar refractivity (Wildman–Crippen MR) is 47.8 cm³/mol. The van der Waals surface area contributed by atoms with Crippen molar-refractivity contribution in [3.05, 3.63) is 0 Å². The molecule has 0 amide bonds. The van der Waals surface area contributed by atoms with Gasteiger partial charge < -0.3 is 15.3 Å². The fourth-order valence-electron chi connectivity index (χ4n) is 1.77. The Labute approximate surface area is 74.0 Å². The molecule has 1 aliphatic rings. The highest BCUT2D eigenvalue weighted by molar-refractivity contribution is 4.73. The zero-order chi connectivity index (χ0) is 9.40. The van der Waals surface area contributed by atoms with Gasteiger partial charge in [0.15, 0.2) is 0 Å². The fraction of sp³-hybridized carbons (Fsp3) is 1.00. The summed E-state index contributed by atoms with van der Waals surface area (Å²) in [5, 5.41) is 24.8. The van der Waals surface area contributed by atoms with Gasteiger partial charge in [0.05, 0.1) is 0 Å². The van der Waals surface area contributed by atoms with Crippen molar-refractivity contribution in [2.75, 3.05) is 20.3 Å². The van der Waals surface area contributed by atoms with Crippen LogP contribution < -0.4 is 0 Å². The lowest BCUT2D eigenvalue weighted by Crippen LogP contribution is -2.25. The smallest absolute Gasteiger partial charge is 0.0462 e. The van der Waals surface area contributed by atoms with E-state index >= 15 is 0 Å². The first-order valence-electron chi connectivity index (χ1n) is 4.55. The van der Waals surface area contributed by atoms with Crippen molar-refractivity contribution in [2.45, 2.75) is 25.7 Å². The molecule has 1 saturated carbocycles. The second kappa shape index (κ2) is 7.53. The molecule has 0 aromatic heterocycles. The summed E-state index contributed by atoms with van der Waals surface area (Å²) in [6.45, 7) is 0.510. The zero-order valence-corrected chi connectivity index (χ0v) is 7.74. The lowest BCUT2D eigenvalue weighted by molar-refractivity contribution is 0.0869.